The summed E-state index contributed by atoms with van der Waals surface area (Å²) in [6.07, 6.45) is -0.681. The SMILES string of the molecule is N#CC(C(=O)C1COCCO1)c1ccccc1Cl. The summed E-state index contributed by atoms with van der Waals surface area (Å²) >= 11 is 6.01. The second-order valence-corrected chi connectivity index (χ2v) is 4.33. The third-order valence-electron chi connectivity index (χ3n) is 2.76. The normalized spacial score (nSPS) is 21.0. The van der Waals surface area contributed by atoms with E-state index in [1.54, 1.807) is 24.3 Å². The number of benzene rings is 1. The van der Waals surface area contributed by atoms with Crippen LogP contribution in [-0.4, -0.2) is 31.7 Å². The lowest BCUT2D eigenvalue weighted by atomic mass is 9.93. The van der Waals surface area contributed by atoms with E-state index in [-0.39, 0.29) is 12.4 Å². The van der Waals surface area contributed by atoms with Crippen LogP contribution >= 0.6 is 11.6 Å². The first-order valence-corrected chi connectivity index (χ1v) is 5.99. The van der Waals surface area contributed by atoms with Gasteiger partial charge in [-0.1, -0.05) is 29.8 Å². The Bertz CT molecular complexity index is 477. The van der Waals surface area contributed by atoms with Gasteiger partial charge in [0.25, 0.3) is 0 Å². The van der Waals surface area contributed by atoms with Gasteiger partial charge >= 0.3 is 0 Å². The number of carbonyl (C=O) groups is 1. The van der Waals surface area contributed by atoms with Gasteiger partial charge in [0.2, 0.25) is 0 Å². The Labute approximate surface area is 110 Å². The van der Waals surface area contributed by atoms with Crippen molar-refractivity contribution in [1.82, 2.24) is 0 Å². The topological polar surface area (TPSA) is 59.3 Å². The van der Waals surface area contributed by atoms with Gasteiger partial charge in [0.05, 0.1) is 25.9 Å². The molecule has 0 amide bonds. The molecule has 2 unspecified atom stereocenters. The summed E-state index contributed by atoms with van der Waals surface area (Å²) in [5.41, 5.74) is 0.515. The molecule has 0 aliphatic carbocycles. The maximum Gasteiger partial charge on any atom is 0.185 e. The number of nitrogens with zero attached hydrogens (tertiary/aromatic N) is 1. The van der Waals surface area contributed by atoms with E-state index in [0.29, 0.717) is 23.8 Å². The number of carbonyl (C=O) groups excluding carboxylic acids is 1. The molecule has 94 valence electrons. The first-order chi connectivity index (χ1) is 8.74. The fourth-order valence-corrected chi connectivity index (χ4v) is 2.08. The number of Topliss-reactive ketones (excluding diaryl/α,β-unsaturated/α-hetero) is 1. The number of hydrogen-bond acceptors (Lipinski definition) is 4. The number of ketones is 1. The summed E-state index contributed by atoms with van der Waals surface area (Å²) in [6, 6.07) is 8.83. The lowest BCUT2D eigenvalue weighted by molar-refractivity contribution is -0.145. The summed E-state index contributed by atoms with van der Waals surface area (Å²) in [5, 5.41) is 9.59. The zero-order valence-electron chi connectivity index (χ0n) is 9.64. The van der Waals surface area contributed by atoms with E-state index in [1.165, 1.54) is 0 Å². The molecule has 2 rings (SSSR count). The molecule has 1 aromatic carbocycles. The molecule has 0 N–H and O–H groups in total. The maximum absolute atomic E-state index is 12.2. The van der Waals surface area contributed by atoms with Gasteiger partial charge in [-0.15, -0.1) is 0 Å². The van der Waals surface area contributed by atoms with Crippen molar-refractivity contribution in [3.05, 3.63) is 34.9 Å². The van der Waals surface area contributed by atoms with Crippen LogP contribution in [0.2, 0.25) is 5.02 Å². The first-order valence-electron chi connectivity index (χ1n) is 5.61. The van der Waals surface area contributed by atoms with Crippen molar-refractivity contribution in [1.29, 1.82) is 5.26 Å². The quantitative estimate of drug-likeness (QED) is 0.838. The van der Waals surface area contributed by atoms with Crippen LogP contribution in [0.4, 0.5) is 0 Å². The smallest absolute Gasteiger partial charge is 0.185 e. The molecular formula is C13H12ClNO3. The van der Waals surface area contributed by atoms with Crippen LogP contribution in [0.5, 0.6) is 0 Å². The molecule has 18 heavy (non-hydrogen) atoms. The van der Waals surface area contributed by atoms with Crippen LogP contribution in [0.15, 0.2) is 24.3 Å². The van der Waals surface area contributed by atoms with Crippen molar-refractivity contribution < 1.29 is 14.3 Å². The van der Waals surface area contributed by atoms with E-state index in [2.05, 4.69) is 0 Å². The van der Waals surface area contributed by atoms with E-state index in [4.69, 9.17) is 21.1 Å². The zero-order chi connectivity index (χ0) is 13.0. The number of hydrogen-bond donors (Lipinski definition) is 0. The average molecular weight is 266 g/mol. The van der Waals surface area contributed by atoms with Gasteiger partial charge in [-0.2, -0.15) is 5.26 Å². The van der Waals surface area contributed by atoms with Crippen molar-refractivity contribution in [2.45, 2.75) is 12.0 Å². The van der Waals surface area contributed by atoms with Crippen molar-refractivity contribution in [2.24, 2.45) is 0 Å². The Morgan fingerprint density at radius 3 is 2.83 bits per heavy atom. The molecule has 1 heterocycles. The Kier molecular flexibility index (Phi) is 4.32. The lowest BCUT2D eigenvalue weighted by Crippen LogP contribution is -2.38. The third kappa shape index (κ3) is 2.70. The maximum atomic E-state index is 12.2. The summed E-state index contributed by atoms with van der Waals surface area (Å²) in [6.45, 7) is 1.05. The minimum atomic E-state index is -0.912. The average Bonchev–Trinajstić information content (AvgIpc) is 2.42. The first kappa shape index (κ1) is 13.0. The third-order valence-corrected chi connectivity index (χ3v) is 3.11. The number of rotatable bonds is 3. The van der Waals surface area contributed by atoms with Gasteiger partial charge in [-0.25, -0.2) is 0 Å². The summed E-state index contributed by atoms with van der Waals surface area (Å²) in [4.78, 5) is 12.2. The molecule has 1 aliphatic rings. The van der Waals surface area contributed by atoms with Gasteiger partial charge in [-0.05, 0) is 11.6 Å². The van der Waals surface area contributed by atoms with E-state index in [1.807, 2.05) is 6.07 Å². The molecule has 0 radical (unpaired) electrons. The highest BCUT2D eigenvalue weighted by atomic mass is 35.5. The van der Waals surface area contributed by atoms with Crippen LogP contribution in [0.1, 0.15) is 11.5 Å². The Hall–Kier alpha value is -1.41. The van der Waals surface area contributed by atoms with Gasteiger partial charge in [0.15, 0.2) is 5.78 Å². The number of ether oxygens (including phenoxy) is 2. The second-order valence-electron chi connectivity index (χ2n) is 3.92. The second kappa shape index (κ2) is 5.96. The van der Waals surface area contributed by atoms with Crippen LogP contribution in [0.3, 0.4) is 0 Å². The molecule has 1 saturated heterocycles. The summed E-state index contributed by atoms with van der Waals surface area (Å²) < 4.78 is 10.5. The van der Waals surface area contributed by atoms with Gasteiger partial charge in [-0.3, -0.25) is 4.79 Å². The molecule has 2 atom stereocenters. The minimum Gasteiger partial charge on any atom is -0.376 e. The van der Waals surface area contributed by atoms with E-state index >= 15 is 0 Å². The van der Waals surface area contributed by atoms with Crippen LogP contribution in [-0.2, 0) is 14.3 Å². The molecule has 0 saturated carbocycles. The highest BCUT2D eigenvalue weighted by molar-refractivity contribution is 6.31. The van der Waals surface area contributed by atoms with Crippen molar-refractivity contribution in [3.8, 4) is 6.07 Å². The number of nitriles is 1. The monoisotopic (exact) mass is 265 g/mol. The van der Waals surface area contributed by atoms with Crippen LogP contribution < -0.4 is 0 Å². The Morgan fingerprint density at radius 1 is 1.44 bits per heavy atom. The summed E-state index contributed by atoms with van der Waals surface area (Å²) in [7, 11) is 0. The Morgan fingerprint density at radius 2 is 2.22 bits per heavy atom. The molecule has 0 spiro atoms. The standard InChI is InChI=1S/C13H12ClNO3/c14-11-4-2-1-3-9(11)10(7-15)13(16)12-8-17-5-6-18-12/h1-4,10,12H,5-6,8H2. The van der Waals surface area contributed by atoms with Crippen LogP contribution in [0, 0.1) is 11.3 Å². The van der Waals surface area contributed by atoms with Crippen molar-refractivity contribution >= 4 is 17.4 Å². The highest BCUT2D eigenvalue weighted by Gasteiger charge is 2.31. The fourth-order valence-electron chi connectivity index (χ4n) is 1.83. The van der Waals surface area contributed by atoms with Gasteiger partial charge in [0, 0.05) is 5.02 Å². The van der Waals surface area contributed by atoms with Crippen molar-refractivity contribution in [3.63, 3.8) is 0 Å². The molecule has 0 aromatic heterocycles. The Balaban J connectivity index is 2.21. The summed E-state index contributed by atoms with van der Waals surface area (Å²) in [5.74, 6) is -1.21. The van der Waals surface area contributed by atoms with E-state index in [9.17, 15) is 10.1 Å². The molecule has 0 bridgehead atoms. The molecule has 1 aromatic rings. The largest absolute Gasteiger partial charge is 0.376 e. The van der Waals surface area contributed by atoms with Gasteiger partial charge in [0.1, 0.15) is 12.0 Å². The van der Waals surface area contributed by atoms with Gasteiger partial charge < -0.3 is 9.47 Å². The molecule has 1 aliphatic heterocycles. The zero-order valence-corrected chi connectivity index (χ0v) is 10.4. The predicted octanol–water partition coefficient (Wildman–Crippen LogP) is 1.93. The molecular weight excluding hydrogens is 254 g/mol. The van der Waals surface area contributed by atoms with Crippen molar-refractivity contribution in [2.75, 3.05) is 19.8 Å². The molecule has 1 fully saturated rings. The minimum absolute atomic E-state index is 0.196. The fraction of sp³-hybridized carbons (Fsp3) is 0.385. The number of halogens is 1. The molecule has 5 heteroatoms. The predicted molar refractivity (Wildman–Crippen MR) is 65.4 cm³/mol. The van der Waals surface area contributed by atoms with Crippen LogP contribution in [0.25, 0.3) is 0 Å². The lowest BCUT2D eigenvalue weighted by Gasteiger charge is -2.23. The molecule has 4 nitrogen and oxygen atoms in total. The van der Waals surface area contributed by atoms with E-state index in [0.717, 1.165) is 0 Å². The highest BCUT2D eigenvalue weighted by Crippen LogP contribution is 2.26. The van der Waals surface area contributed by atoms with E-state index < -0.39 is 12.0 Å².